The molecule has 1 aromatic rings. The lowest BCUT2D eigenvalue weighted by atomic mass is 10.2. The summed E-state index contributed by atoms with van der Waals surface area (Å²) in [5.74, 6) is 1.11. The number of carbonyl (C=O) groups excluding carboxylic acids is 2. The third-order valence-electron chi connectivity index (χ3n) is 4.03. The van der Waals surface area contributed by atoms with E-state index in [1.807, 2.05) is 20.8 Å². The van der Waals surface area contributed by atoms with Crippen LogP contribution in [0.1, 0.15) is 36.6 Å². The molecule has 6 heteroatoms. The van der Waals surface area contributed by atoms with Crippen molar-refractivity contribution in [2.45, 2.75) is 33.2 Å². The van der Waals surface area contributed by atoms with Crippen molar-refractivity contribution in [2.24, 2.45) is 0 Å². The van der Waals surface area contributed by atoms with Gasteiger partial charge >= 0.3 is 0 Å². The van der Waals surface area contributed by atoms with Gasteiger partial charge in [0.2, 0.25) is 5.91 Å². The first-order valence-electron chi connectivity index (χ1n) is 7.90. The van der Waals surface area contributed by atoms with Crippen molar-refractivity contribution in [1.29, 1.82) is 0 Å². The molecule has 1 atom stereocenters. The number of nitrogens with one attached hydrogen (secondary N) is 1. The van der Waals surface area contributed by atoms with E-state index < -0.39 is 0 Å². The Morgan fingerprint density at radius 2 is 1.95 bits per heavy atom. The van der Waals surface area contributed by atoms with Gasteiger partial charge < -0.3 is 14.6 Å². The second kappa shape index (κ2) is 7.45. The fraction of sp³-hybridized carbons (Fsp3) is 0.625. The first kappa shape index (κ1) is 16.5. The first-order valence-corrected chi connectivity index (χ1v) is 7.90. The van der Waals surface area contributed by atoms with Crippen molar-refractivity contribution in [2.75, 3.05) is 32.7 Å². The summed E-state index contributed by atoms with van der Waals surface area (Å²) in [4.78, 5) is 28.2. The van der Waals surface area contributed by atoms with Gasteiger partial charge in [-0.05, 0) is 32.4 Å². The normalized spacial score (nSPS) is 17.3. The van der Waals surface area contributed by atoms with Gasteiger partial charge in [0.15, 0.2) is 5.76 Å². The van der Waals surface area contributed by atoms with E-state index in [0.29, 0.717) is 38.5 Å². The summed E-state index contributed by atoms with van der Waals surface area (Å²) < 4.78 is 5.39. The molecular weight excluding hydrogens is 282 g/mol. The number of amides is 2. The molecule has 2 heterocycles. The Balaban J connectivity index is 1.85. The van der Waals surface area contributed by atoms with E-state index in [1.54, 1.807) is 17.0 Å². The maximum absolute atomic E-state index is 12.3. The summed E-state index contributed by atoms with van der Waals surface area (Å²) in [5.41, 5.74) is 0. The van der Waals surface area contributed by atoms with E-state index in [9.17, 15) is 9.59 Å². The van der Waals surface area contributed by atoms with Gasteiger partial charge in [-0.1, -0.05) is 6.92 Å². The van der Waals surface area contributed by atoms with Gasteiger partial charge in [-0.15, -0.1) is 0 Å². The first-order chi connectivity index (χ1) is 10.5. The molecule has 0 unspecified atom stereocenters. The van der Waals surface area contributed by atoms with E-state index in [1.165, 1.54) is 0 Å². The summed E-state index contributed by atoms with van der Waals surface area (Å²) in [5, 5.41) is 2.92. The quantitative estimate of drug-likeness (QED) is 0.889. The van der Waals surface area contributed by atoms with Gasteiger partial charge in [0.25, 0.3) is 5.91 Å². The Bertz CT molecular complexity index is 518. The fourth-order valence-electron chi connectivity index (χ4n) is 2.58. The third kappa shape index (κ3) is 3.88. The van der Waals surface area contributed by atoms with Crippen molar-refractivity contribution in [3.05, 3.63) is 23.7 Å². The molecule has 2 amide bonds. The Labute approximate surface area is 131 Å². The molecule has 0 aliphatic carbocycles. The maximum Gasteiger partial charge on any atom is 0.289 e. The zero-order chi connectivity index (χ0) is 16.1. The predicted octanol–water partition coefficient (Wildman–Crippen LogP) is 1.26. The van der Waals surface area contributed by atoms with Crippen molar-refractivity contribution in [3.8, 4) is 0 Å². The zero-order valence-corrected chi connectivity index (χ0v) is 13.6. The highest BCUT2D eigenvalue weighted by Crippen LogP contribution is 2.13. The number of rotatable bonds is 5. The zero-order valence-electron chi connectivity index (χ0n) is 13.6. The van der Waals surface area contributed by atoms with Crippen LogP contribution in [0.15, 0.2) is 16.5 Å². The van der Waals surface area contributed by atoms with Gasteiger partial charge in [-0.3, -0.25) is 14.5 Å². The second-order valence-electron chi connectivity index (χ2n) is 5.71. The molecule has 6 nitrogen and oxygen atoms in total. The highest BCUT2D eigenvalue weighted by Gasteiger charge is 2.28. The topological polar surface area (TPSA) is 65.8 Å². The van der Waals surface area contributed by atoms with Crippen molar-refractivity contribution in [1.82, 2.24) is 15.1 Å². The molecule has 2 rings (SSSR count). The van der Waals surface area contributed by atoms with Crippen LogP contribution in [0.3, 0.4) is 0 Å². The molecule has 0 aromatic carbocycles. The van der Waals surface area contributed by atoms with Gasteiger partial charge in [0, 0.05) is 32.7 Å². The molecular formula is C16H25N3O3. The van der Waals surface area contributed by atoms with Gasteiger partial charge in [0.1, 0.15) is 5.76 Å². The average Bonchev–Trinajstić information content (AvgIpc) is 2.97. The highest BCUT2D eigenvalue weighted by atomic mass is 16.3. The number of nitrogens with zero attached hydrogens (tertiary/aromatic N) is 2. The molecule has 1 fully saturated rings. The van der Waals surface area contributed by atoms with Gasteiger partial charge in [-0.2, -0.15) is 0 Å². The smallest absolute Gasteiger partial charge is 0.289 e. The molecule has 1 aromatic heterocycles. The van der Waals surface area contributed by atoms with Gasteiger partial charge in [-0.25, -0.2) is 0 Å². The molecule has 1 aliphatic rings. The van der Waals surface area contributed by atoms with Crippen molar-refractivity contribution in [3.63, 3.8) is 0 Å². The lowest BCUT2D eigenvalue weighted by Gasteiger charge is -2.37. The Hall–Kier alpha value is -1.82. The molecule has 0 radical (unpaired) electrons. The Morgan fingerprint density at radius 3 is 2.50 bits per heavy atom. The highest BCUT2D eigenvalue weighted by molar-refractivity contribution is 5.91. The van der Waals surface area contributed by atoms with Crippen LogP contribution in [-0.2, 0) is 4.79 Å². The minimum Gasteiger partial charge on any atom is -0.456 e. The van der Waals surface area contributed by atoms with Crippen molar-refractivity contribution < 1.29 is 14.0 Å². The molecule has 122 valence electrons. The molecule has 0 spiro atoms. The molecule has 22 heavy (non-hydrogen) atoms. The van der Waals surface area contributed by atoms with Crippen LogP contribution in [-0.4, -0.2) is 60.4 Å². The lowest BCUT2D eigenvalue weighted by molar-refractivity contribution is -0.126. The van der Waals surface area contributed by atoms with Crippen LogP contribution in [0, 0.1) is 6.92 Å². The number of carbonyl (C=O) groups is 2. The summed E-state index contributed by atoms with van der Waals surface area (Å²) in [6.07, 6.45) is 0.934. The largest absolute Gasteiger partial charge is 0.456 e. The van der Waals surface area contributed by atoms with Crippen LogP contribution >= 0.6 is 0 Å². The minimum atomic E-state index is -0.158. The van der Waals surface area contributed by atoms with Gasteiger partial charge in [0.05, 0.1) is 6.04 Å². The number of furan rings is 1. The van der Waals surface area contributed by atoms with E-state index in [2.05, 4.69) is 10.2 Å². The average molecular weight is 307 g/mol. The number of hydrogen-bond acceptors (Lipinski definition) is 4. The summed E-state index contributed by atoms with van der Waals surface area (Å²) in [6, 6.07) is 3.35. The molecule has 1 N–H and O–H groups in total. The van der Waals surface area contributed by atoms with Crippen LogP contribution < -0.4 is 5.32 Å². The Morgan fingerprint density at radius 1 is 1.27 bits per heavy atom. The number of hydrogen-bond donors (Lipinski definition) is 1. The molecule has 0 bridgehead atoms. The van der Waals surface area contributed by atoms with E-state index >= 15 is 0 Å². The maximum atomic E-state index is 12.3. The van der Waals surface area contributed by atoms with E-state index in [4.69, 9.17) is 4.42 Å². The predicted molar refractivity (Wildman–Crippen MR) is 83.7 cm³/mol. The summed E-state index contributed by atoms with van der Waals surface area (Å²) in [7, 11) is 0. The van der Waals surface area contributed by atoms with E-state index in [-0.39, 0.29) is 17.9 Å². The minimum absolute atomic E-state index is 0.0586. The summed E-state index contributed by atoms with van der Waals surface area (Å²) >= 11 is 0. The molecule has 1 aliphatic heterocycles. The third-order valence-corrected chi connectivity index (χ3v) is 4.03. The second-order valence-corrected chi connectivity index (χ2v) is 5.71. The van der Waals surface area contributed by atoms with Crippen LogP contribution in [0.5, 0.6) is 0 Å². The van der Waals surface area contributed by atoms with Crippen molar-refractivity contribution >= 4 is 11.8 Å². The molecule has 1 saturated heterocycles. The van der Waals surface area contributed by atoms with Crippen LogP contribution in [0.2, 0.25) is 0 Å². The fourth-order valence-corrected chi connectivity index (χ4v) is 2.58. The summed E-state index contributed by atoms with van der Waals surface area (Å²) in [6.45, 7) is 9.11. The Kier molecular flexibility index (Phi) is 5.60. The molecule has 0 saturated carbocycles. The standard InChI is InChI=1S/C16H25N3O3/c1-4-7-17-15(20)13(3)18-8-10-19(11-9-18)16(21)14-6-5-12(2)22-14/h5-6,13H,4,7-11H2,1-3H3,(H,17,20)/t13-/m1/s1. The lowest BCUT2D eigenvalue weighted by Crippen LogP contribution is -2.55. The number of aryl methyl sites for hydroxylation is 1. The van der Waals surface area contributed by atoms with Crippen LogP contribution in [0.4, 0.5) is 0 Å². The SMILES string of the molecule is CCCNC(=O)[C@@H](C)N1CCN(C(=O)c2ccc(C)o2)CC1. The van der Waals surface area contributed by atoms with Crippen LogP contribution in [0.25, 0.3) is 0 Å². The number of piperazine rings is 1. The monoisotopic (exact) mass is 307 g/mol. The van der Waals surface area contributed by atoms with E-state index in [0.717, 1.165) is 12.2 Å².